The maximum Gasteiger partial charge on any atom is 0.453 e. The zero-order valence-corrected chi connectivity index (χ0v) is 13.0. The van der Waals surface area contributed by atoms with Gasteiger partial charge in [-0.15, -0.1) is 15.3 Å². The van der Waals surface area contributed by atoms with Crippen LogP contribution in [-0.4, -0.2) is 32.7 Å². The molecule has 0 aliphatic carbocycles. The summed E-state index contributed by atoms with van der Waals surface area (Å²) in [5, 5.41) is 10.3. The first-order valence-corrected chi connectivity index (χ1v) is 6.96. The smallest absolute Gasteiger partial charge is 0.453 e. The molecular formula is C15H11F3N4O3. The Balaban J connectivity index is 1.99. The van der Waals surface area contributed by atoms with Gasteiger partial charge in [-0.2, -0.15) is 17.7 Å². The van der Waals surface area contributed by atoms with E-state index in [1.165, 1.54) is 44.4 Å². The summed E-state index contributed by atoms with van der Waals surface area (Å²) in [5.74, 6) is -1.10. The van der Waals surface area contributed by atoms with Gasteiger partial charge in [-0.3, -0.25) is 4.79 Å². The molecule has 0 atom stereocenters. The minimum atomic E-state index is -4.70. The molecule has 0 radical (unpaired) electrons. The van der Waals surface area contributed by atoms with Crippen molar-refractivity contribution in [3.8, 4) is 17.4 Å². The number of carbonyl (C=O) groups is 1. The Bertz CT molecular complexity index is 953. The monoisotopic (exact) mass is 352 g/mol. The number of fused-ring (bicyclic) bond motifs is 1. The number of methoxy groups -OCH3 is 1. The molecule has 3 rings (SSSR count). The van der Waals surface area contributed by atoms with Gasteiger partial charge in [0.1, 0.15) is 0 Å². The van der Waals surface area contributed by atoms with Crippen molar-refractivity contribution in [3.63, 3.8) is 0 Å². The maximum absolute atomic E-state index is 12.9. The second-order valence-corrected chi connectivity index (χ2v) is 4.99. The van der Waals surface area contributed by atoms with Crippen LogP contribution in [0.3, 0.4) is 0 Å². The lowest BCUT2D eigenvalue weighted by molar-refractivity contribution is -0.146. The van der Waals surface area contributed by atoms with Gasteiger partial charge < -0.3 is 9.47 Å². The van der Waals surface area contributed by atoms with Crippen molar-refractivity contribution in [1.29, 1.82) is 0 Å². The van der Waals surface area contributed by atoms with Crippen LogP contribution in [0.15, 0.2) is 30.3 Å². The molecular weight excluding hydrogens is 341 g/mol. The van der Waals surface area contributed by atoms with E-state index < -0.39 is 12.0 Å². The number of alkyl halides is 3. The van der Waals surface area contributed by atoms with E-state index in [0.29, 0.717) is 10.1 Å². The summed E-state index contributed by atoms with van der Waals surface area (Å²) in [6, 6.07) is 7.09. The quantitative estimate of drug-likeness (QED) is 0.671. The fourth-order valence-electron chi connectivity index (χ4n) is 2.09. The van der Waals surface area contributed by atoms with Crippen LogP contribution in [0.2, 0.25) is 0 Å². The first-order valence-electron chi connectivity index (χ1n) is 6.96. The number of nitrogens with zero attached hydrogens (tertiary/aromatic N) is 4. The Hall–Kier alpha value is -3.17. The molecule has 130 valence electrons. The standard InChI is InChI=1S/C15H11F3N4O3/c1-8(23)9-3-4-10(11(7-9)24-2)25-13-6-5-12-19-20-14(15(16,17)18)22(12)21-13/h3-7H,1-2H3. The van der Waals surface area contributed by atoms with Crippen molar-refractivity contribution in [2.24, 2.45) is 0 Å². The molecule has 25 heavy (non-hydrogen) atoms. The number of aromatic nitrogens is 4. The first-order chi connectivity index (χ1) is 11.8. The summed E-state index contributed by atoms with van der Waals surface area (Å²) >= 11 is 0. The van der Waals surface area contributed by atoms with Crippen LogP contribution in [0.5, 0.6) is 17.4 Å². The van der Waals surface area contributed by atoms with E-state index in [1.54, 1.807) is 0 Å². The summed E-state index contributed by atoms with van der Waals surface area (Å²) in [4.78, 5) is 11.4. The number of hydrogen-bond donors (Lipinski definition) is 0. The zero-order valence-electron chi connectivity index (χ0n) is 13.0. The molecule has 2 aromatic heterocycles. The van der Waals surface area contributed by atoms with Gasteiger partial charge in [0.15, 0.2) is 22.9 Å². The van der Waals surface area contributed by atoms with Crippen LogP contribution in [0.4, 0.5) is 13.2 Å². The predicted octanol–water partition coefficient (Wildman–Crippen LogP) is 3.15. The SMILES string of the molecule is COc1cc(C(C)=O)ccc1Oc1ccc2nnc(C(F)(F)F)n2n1. The predicted molar refractivity (Wildman–Crippen MR) is 78.9 cm³/mol. The fourth-order valence-corrected chi connectivity index (χ4v) is 2.09. The van der Waals surface area contributed by atoms with Gasteiger partial charge in [-0.05, 0) is 31.2 Å². The maximum atomic E-state index is 12.9. The van der Waals surface area contributed by atoms with Crippen LogP contribution in [0.25, 0.3) is 5.65 Å². The Morgan fingerprint density at radius 3 is 2.52 bits per heavy atom. The van der Waals surface area contributed by atoms with Gasteiger partial charge >= 0.3 is 6.18 Å². The molecule has 0 saturated heterocycles. The van der Waals surface area contributed by atoms with E-state index >= 15 is 0 Å². The van der Waals surface area contributed by atoms with Crippen molar-refractivity contribution in [1.82, 2.24) is 19.8 Å². The molecule has 0 amide bonds. The summed E-state index contributed by atoms with van der Waals surface area (Å²) in [5.41, 5.74) is 0.337. The third-order valence-corrected chi connectivity index (χ3v) is 3.28. The average molecular weight is 352 g/mol. The Kier molecular flexibility index (Phi) is 4.03. The highest BCUT2D eigenvalue weighted by Crippen LogP contribution is 2.32. The lowest BCUT2D eigenvalue weighted by Crippen LogP contribution is -2.12. The molecule has 1 aromatic carbocycles. The highest BCUT2D eigenvalue weighted by Gasteiger charge is 2.37. The minimum Gasteiger partial charge on any atom is -0.493 e. The van der Waals surface area contributed by atoms with Crippen LogP contribution in [-0.2, 0) is 6.18 Å². The summed E-state index contributed by atoms with van der Waals surface area (Å²) in [7, 11) is 1.38. The third-order valence-electron chi connectivity index (χ3n) is 3.28. The van der Waals surface area contributed by atoms with E-state index in [0.717, 1.165) is 0 Å². The van der Waals surface area contributed by atoms with Gasteiger partial charge in [0.2, 0.25) is 5.88 Å². The third kappa shape index (κ3) is 3.23. The number of carbonyl (C=O) groups excluding carboxylic acids is 1. The van der Waals surface area contributed by atoms with Gasteiger partial charge in [0.25, 0.3) is 5.82 Å². The van der Waals surface area contributed by atoms with Crippen molar-refractivity contribution >= 4 is 11.4 Å². The van der Waals surface area contributed by atoms with E-state index in [9.17, 15) is 18.0 Å². The topological polar surface area (TPSA) is 78.6 Å². The zero-order chi connectivity index (χ0) is 18.2. The number of ether oxygens (including phenoxy) is 2. The number of Topliss-reactive ketones (excluding diaryl/α,β-unsaturated/α-hetero) is 1. The largest absolute Gasteiger partial charge is 0.493 e. The highest BCUT2D eigenvalue weighted by atomic mass is 19.4. The molecule has 0 saturated carbocycles. The number of benzene rings is 1. The normalized spacial score (nSPS) is 11.6. The van der Waals surface area contributed by atoms with E-state index in [-0.39, 0.29) is 28.8 Å². The molecule has 0 aliphatic heterocycles. The van der Waals surface area contributed by atoms with Crippen LogP contribution in [0.1, 0.15) is 23.1 Å². The molecule has 0 spiro atoms. The lowest BCUT2D eigenvalue weighted by atomic mass is 10.1. The number of hydrogen-bond acceptors (Lipinski definition) is 6. The van der Waals surface area contributed by atoms with E-state index in [4.69, 9.17) is 9.47 Å². The highest BCUT2D eigenvalue weighted by molar-refractivity contribution is 5.94. The fraction of sp³-hybridized carbons (Fsp3) is 0.200. The summed E-state index contributed by atoms with van der Waals surface area (Å²) in [6.07, 6.45) is -4.70. The van der Waals surface area contributed by atoms with Crippen LogP contribution < -0.4 is 9.47 Å². The lowest BCUT2D eigenvalue weighted by Gasteiger charge is -2.11. The molecule has 0 unspecified atom stereocenters. The number of ketones is 1. The molecule has 7 nitrogen and oxygen atoms in total. The molecule has 2 heterocycles. The number of halogens is 3. The second-order valence-electron chi connectivity index (χ2n) is 4.99. The first kappa shape index (κ1) is 16.7. The van der Waals surface area contributed by atoms with E-state index in [2.05, 4.69) is 15.3 Å². The molecule has 0 bridgehead atoms. The van der Waals surface area contributed by atoms with Crippen molar-refractivity contribution in [3.05, 3.63) is 41.7 Å². The Morgan fingerprint density at radius 1 is 1.12 bits per heavy atom. The summed E-state index contributed by atoms with van der Waals surface area (Å²) in [6.45, 7) is 1.40. The Morgan fingerprint density at radius 2 is 1.88 bits per heavy atom. The van der Waals surface area contributed by atoms with Gasteiger partial charge in [-0.25, -0.2) is 0 Å². The van der Waals surface area contributed by atoms with Crippen LogP contribution >= 0.6 is 0 Å². The van der Waals surface area contributed by atoms with Gasteiger partial charge in [-0.1, -0.05) is 0 Å². The molecule has 0 aliphatic rings. The van der Waals surface area contributed by atoms with Crippen molar-refractivity contribution in [2.75, 3.05) is 7.11 Å². The molecule has 10 heteroatoms. The molecule has 3 aromatic rings. The average Bonchev–Trinajstić information content (AvgIpc) is 2.98. The van der Waals surface area contributed by atoms with E-state index in [1.807, 2.05) is 0 Å². The second kappa shape index (κ2) is 6.04. The van der Waals surface area contributed by atoms with Crippen molar-refractivity contribution < 1.29 is 27.4 Å². The van der Waals surface area contributed by atoms with Gasteiger partial charge in [0.05, 0.1) is 7.11 Å². The minimum absolute atomic E-state index is 0.0708. The van der Waals surface area contributed by atoms with Crippen LogP contribution in [0, 0.1) is 0 Å². The Labute approximate surface area is 139 Å². The molecule has 0 fully saturated rings. The molecule has 0 N–H and O–H groups in total. The summed E-state index contributed by atoms with van der Waals surface area (Å²) < 4.78 is 49.9. The number of rotatable bonds is 4. The van der Waals surface area contributed by atoms with Crippen molar-refractivity contribution in [2.45, 2.75) is 13.1 Å². The van der Waals surface area contributed by atoms with Gasteiger partial charge in [0, 0.05) is 11.6 Å².